The molecular weight excluding hydrogens is 250 g/mol. The number of ether oxygens (including phenoxy) is 1. The van der Waals surface area contributed by atoms with Crippen LogP contribution in [0.3, 0.4) is 0 Å². The Labute approximate surface area is 122 Å². The number of methoxy groups -OCH3 is 1. The van der Waals surface area contributed by atoms with Crippen molar-refractivity contribution in [2.24, 2.45) is 5.92 Å². The molecule has 0 radical (unpaired) electrons. The first-order valence-corrected chi connectivity index (χ1v) is 7.52. The SMILES string of the molecule is CCC(c1ccccc1OC)C(C)C(=O)N(CC)CC. The van der Waals surface area contributed by atoms with E-state index in [0.717, 1.165) is 30.8 Å². The maximum absolute atomic E-state index is 12.6. The Morgan fingerprint density at radius 3 is 2.30 bits per heavy atom. The molecule has 0 aliphatic heterocycles. The van der Waals surface area contributed by atoms with Gasteiger partial charge in [0.25, 0.3) is 0 Å². The molecule has 0 saturated carbocycles. The van der Waals surface area contributed by atoms with E-state index >= 15 is 0 Å². The summed E-state index contributed by atoms with van der Waals surface area (Å²) in [6, 6.07) is 8.01. The van der Waals surface area contributed by atoms with E-state index in [9.17, 15) is 4.79 Å². The normalized spacial score (nSPS) is 13.7. The fourth-order valence-corrected chi connectivity index (χ4v) is 2.81. The van der Waals surface area contributed by atoms with Crippen molar-refractivity contribution in [3.05, 3.63) is 29.8 Å². The summed E-state index contributed by atoms with van der Waals surface area (Å²) in [5.41, 5.74) is 1.13. The Kier molecular flexibility index (Phi) is 6.56. The van der Waals surface area contributed by atoms with Crippen LogP contribution in [-0.4, -0.2) is 31.0 Å². The highest BCUT2D eigenvalue weighted by Gasteiger charge is 2.28. The van der Waals surface area contributed by atoms with Gasteiger partial charge in [0.05, 0.1) is 7.11 Å². The third-order valence-electron chi connectivity index (χ3n) is 4.05. The largest absolute Gasteiger partial charge is 0.496 e. The third kappa shape index (κ3) is 3.53. The number of carbonyl (C=O) groups excluding carboxylic acids is 1. The van der Waals surface area contributed by atoms with Crippen molar-refractivity contribution in [3.63, 3.8) is 0 Å². The average molecular weight is 277 g/mol. The van der Waals surface area contributed by atoms with Crippen molar-refractivity contribution < 1.29 is 9.53 Å². The molecule has 3 heteroatoms. The quantitative estimate of drug-likeness (QED) is 0.760. The van der Waals surface area contributed by atoms with Crippen LogP contribution in [0.2, 0.25) is 0 Å². The van der Waals surface area contributed by atoms with Crippen LogP contribution in [0.1, 0.15) is 45.6 Å². The van der Waals surface area contributed by atoms with Gasteiger partial charge in [0.15, 0.2) is 0 Å². The molecule has 0 N–H and O–H groups in total. The monoisotopic (exact) mass is 277 g/mol. The van der Waals surface area contributed by atoms with Gasteiger partial charge in [-0.05, 0) is 37.8 Å². The predicted octanol–water partition coefficient (Wildman–Crippen LogP) is 3.69. The summed E-state index contributed by atoms with van der Waals surface area (Å²) < 4.78 is 5.45. The highest BCUT2D eigenvalue weighted by atomic mass is 16.5. The lowest BCUT2D eigenvalue weighted by Crippen LogP contribution is -2.37. The summed E-state index contributed by atoms with van der Waals surface area (Å²) in [6.45, 7) is 9.74. The molecule has 0 spiro atoms. The minimum atomic E-state index is -0.0313. The Morgan fingerprint density at radius 1 is 1.20 bits per heavy atom. The second kappa shape index (κ2) is 7.93. The topological polar surface area (TPSA) is 29.5 Å². The maximum atomic E-state index is 12.6. The molecule has 1 amide bonds. The summed E-state index contributed by atoms with van der Waals surface area (Å²) in [5.74, 6) is 1.27. The van der Waals surface area contributed by atoms with Gasteiger partial charge in [-0.2, -0.15) is 0 Å². The number of rotatable bonds is 7. The molecule has 0 aliphatic rings. The van der Waals surface area contributed by atoms with E-state index in [1.54, 1.807) is 7.11 Å². The summed E-state index contributed by atoms with van der Waals surface area (Å²) in [6.07, 6.45) is 0.925. The van der Waals surface area contributed by atoms with Crippen LogP contribution < -0.4 is 4.74 Å². The first kappa shape index (κ1) is 16.5. The van der Waals surface area contributed by atoms with Crippen LogP contribution in [0.15, 0.2) is 24.3 Å². The molecule has 1 aromatic rings. The molecule has 3 nitrogen and oxygen atoms in total. The molecule has 112 valence electrons. The van der Waals surface area contributed by atoms with Crippen LogP contribution in [0, 0.1) is 5.92 Å². The fourth-order valence-electron chi connectivity index (χ4n) is 2.81. The Morgan fingerprint density at radius 2 is 1.80 bits per heavy atom. The molecule has 0 aliphatic carbocycles. The molecule has 0 aromatic heterocycles. The lowest BCUT2D eigenvalue weighted by atomic mass is 9.83. The number of nitrogens with zero attached hydrogens (tertiary/aromatic N) is 1. The van der Waals surface area contributed by atoms with Crippen molar-refractivity contribution in [1.82, 2.24) is 4.90 Å². The number of hydrogen-bond acceptors (Lipinski definition) is 2. The zero-order valence-corrected chi connectivity index (χ0v) is 13.3. The highest BCUT2D eigenvalue weighted by molar-refractivity contribution is 5.79. The van der Waals surface area contributed by atoms with Gasteiger partial charge in [-0.1, -0.05) is 32.0 Å². The van der Waals surface area contributed by atoms with Crippen LogP contribution in [0.4, 0.5) is 0 Å². The minimum Gasteiger partial charge on any atom is -0.496 e. The number of benzene rings is 1. The van der Waals surface area contributed by atoms with Gasteiger partial charge >= 0.3 is 0 Å². The summed E-state index contributed by atoms with van der Waals surface area (Å²) in [4.78, 5) is 14.5. The smallest absolute Gasteiger partial charge is 0.225 e. The lowest BCUT2D eigenvalue weighted by Gasteiger charge is -2.29. The maximum Gasteiger partial charge on any atom is 0.225 e. The van der Waals surface area contributed by atoms with Crippen molar-refractivity contribution >= 4 is 5.91 Å². The fraction of sp³-hybridized carbons (Fsp3) is 0.588. The van der Waals surface area contributed by atoms with Crippen LogP contribution in [0.5, 0.6) is 5.75 Å². The zero-order chi connectivity index (χ0) is 15.1. The van der Waals surface area contributed by atoms with E-state index in [4.69, 9.17) is 4.74 Å². The predicted molar refractivity (Wildman–Crippen MR) is 83.1 cm³/mol. The number of carbonyl (C=O) groups is 1. The number of hydrogen-bond donors (Lipinski definition) is 0. The average Bonchev–Trinajstić information content (AvgIpc) is 2.49. The van der Waals surface area contributed by atoms with Crippen molar-refractivity contribution in [1.29, 1.82) is 0 Å². The van der Waals surface area contributed by atoms with Crippen molar-refractivity contribution in [3.8, 4) is 5.75 Å². The van der Waals surface area contributed by atoms with Gasteiger partial charge in [-0.15, -0.1) is 0 Å². The summed E-state index contributed by atoms with van der Waals surface area (Å²) in [7, 11) is 1.68. The molecule has 0 fully saturated rings. The molecule has 20 heavy (non-hydrogen) atoms. The highest BCUT2D eigenvalue weighted by Crippen LogP contribution is 2.35. The molecular formula is C17H27NO2. The molecule has 0 bridgehead atoms. The second-order valence-corrected chi connectivity index (χ2v) is 5.06. The molecule has 0 heterocycles. The van der Waals surface area contributed by atoms with Crippen LogP contribution in [0.25, 0.3) is 0 Å². The van der Waals surface area contributed by atoms with E-state index < -0.39 is 0 Å². The van der Waals surface area contributed by atoms with Gasteiger partial charge in [0.2, 0.25) is 5.91 Å². The standard InChI is InChI=1S/C17H27NO2/c1-6-14(13(4)17(19)18(7-2)8-3)15-11-9-10-12-16(15)20-5/h9-14H,6-8H2,1-5H3. The Bertz CT molecular complexity index is 427. The van der Waals surface area contributed by atoms with E-state index in [1.807, 2.05) is 43.9 Å². The van der Waals surface area contributed by atoms with E-state index in [1.165, 1.54) is 0 Å². The first-order chi connectivity index (χ1) is 9.60. The van der Waals surface area contributed by atoms with Crippen LogP contribution in [-0.2, 0) is 4.79 Å². The Hall–Kier alpha value is -1.51. The van der Waals surface area contributed by atoms with Crippen LogP contribution >= 0.6 is 0 Å². The van der Waals surface area contributed by atoms with E-state index in [-0.39, 0.29) is 17.7 Å². The Balaban J connectivity index is 3.03. The number of amides is 1. The van der Waals surface area contributed by atoms with Gasteiger partial charge in [0, 0.05) is 19.0 Å². The van der Waals surface area contributed by atoms with E-state index in [2.05, 4.69) is 13.0 Å². The van der Waals surface area contributed by atoms with Gasteiger partial charge in [-0.25, -0.2) is 0 Å². The van der Waals surface area contributed by atoms with Crippen molar-refractivity contribution in [2.45, 2.75) is 40.0 Å². The van der Waals surface area contributed by atoms with Gasteiger partial charge in [0.1, 0.15) is 5.75 Å². The van der Waals surface area contributed by atoms with Crippen molar-refractivity contribution in [2.75, 3.05) is 20.2 Å². The van der Waals surface area contributed by atoms with E-state index in [0.29, 0.717) is 0 Å². The summed E-state index contributed by atoms with van der Waals surface area (Å²) >= 11 is 0. The lowest BCUT2D eigenvalue weighted by molar-refractivity contribution is -0.135. The molecule has 1 rings (SSSR count). The minimum absolute atomic E-state index is 0.0313. The van der Waals surface area contributed by atoms with Gasteiger partial charge in [-0.3, -0.25) is 4.79 Å². The van der Waals surface area contributed by atoms with Gasteiger partial charge < -0.3 is 9.64 Å². The zero-order valence-electron chi connectivity index (χ0n) is 13.3. The number of para-hydroxylation sites is 1. The molecule has 2 unspecified atom stereocenters. The molecule has 0 saturated heterocycles. The molecule has 1 aromatic carbocycles. The first-order valence-electron chi connectivity index (χ1n) is 7.52. The second-order valence-electron chi connectivity index (χ2n) is 5.06. The summed E-state index contributed by atoms with van der Waals surface area (Å²) in [5, 5.41) is 0. The third-order valence-corrected chi connectivity index (χ3v) is 4.05. The molecule has 2 atom stereocenters.